The molecule has 1 saturated carbocycles. The molecule has 76 valence electrons. The van der Waals surface area contributed by atoms with Crippen LogP contribution in [-0.4, -0.2) is 29.2 Å². The van der Waals surface area contributed by atoms with Crippen LogP contribution in [-0.2, 0) is 9.47 Å². The first-order chi connectivity index (χ1) is 6.12. The van der Waals surface area contributed by atoms with Crippen LogP contribution in [0.3, 0.4) is 0 Å². The number of aliphatic hydroxyl groups excluding tert-OH is 1. The molecule has 0 aromatic heterocycles. The molecule has 1 spiro atoms. The van der Waals surface area contributed by atoms with E-state index in [0.29, 0.717) is 0 Å². The van der Waals surface area contributed by atoms with E-state index in [9.17, 15) is 5.11 Å². The molecule has 0 aromatic rings. The van der Waals surface area contributed by atoms with Gasteiger partial charge in [-0.2, -0.15) is 0 Å². The second kappa shape index (κ2) is 3.23. The van der Waals surface area contributed by atoms with Gasteiger partial charge in [0.2, 0.25) is 0 Å². The van der Waals surface area contributed by atoms with Crippen molar-refractivity contribution in [1.29, 1.82) is 0 Å². The third-order valence-corrected chi connectivity index (χ3v) is 2.98. The molecule has 2 rings (SSSR count). The molecule has 1 saturated heterocycles. The molecule has 3 heteroatoms. The standard InChI is InChI=1S/C10H18O3/c1-7-6-8(2)13-10(12-7)5-3-4-9(10)11/h7-9,11H,3-6H2,1-2H3/t7-,8-,9+/m1/s1. The lowest BCUT2D eigenvalue weighted by molar-refractivity contribution is -0.335. The highest BCUT2D eigenvalue weighted by Gasteiger charge is 2.49. The molecule has 0 bridgehead atoms. The normalized spacial score (nSPS) is 51.5. The monoisotopic (exact) mass is 186 g/mol. The first-order valence-corrected chi connectivity index (χ1v) is 5.16. The molecule has 2 fully saturated rings. The Kier molecular flexibility index (Phi) is 2.34. The van der Waals surface area contributed by atoms with E-state index in [0.717, 1.165) is 25.7 Å². The fourth-order valence-electron chi connectivity index (χ4n) is 2.48. The van der Waals surface area contributed by atoms with Crippen molar-refractivity contribution >= 4 is 0 Å². The van der Waals surface area contributed by atoms with Gasteiger partial charge in [0, 0.05) is 6.42 Å². The van der Waals surface area contributed by atoms with Crippen molar-refractivity contribution in [3.05, 3.63) is 0 Å². The summed E-state index contributed by atoms with van der Waals surface area (Å²) in [5.41, 5.74) is 0. The maximum atomic E-state index is 9.79. The third-order valence-electron chi connectivity index (χ3n) is 2.98. The van der Waals surface area contributed by atoms with E-state index in [1.54, 1.807) is 0 Å². The SMILES string of the molecule is C[C@@H]1C[C@@H](C)OC2(CCC[C@@H]2O)O1. The lowest BCUT2D eigenvalue weighted by Gasteiger charge is -2.42. The Hall–Kier alpha value is -0.120. The van der Waals surface area contributed by atoms with Crippen LogP contribution in [0.15, 0.2) is 0 Å². The predicted molar refractivity (Wildman–Crippen MR) is 48.3 cm³/mol. The van der Waals surface area contributed by atoms with Gasteiger partial charge in [-0.15, -0.1) is 0 Å². The van der Waals surface area contributed by atoms with Crippen molar-refractivity contribution in [3.8, 4) is 0 Å². The van der Waals surface area contributed by atoms with Gasteiger partial charge >= 0.3 is 0 Å². The third kappa shape index (κ3) is 1.60. The zero-order chi connectivity index (χ0) is 9.47. The Morgan fingerprint density at radius 1 is 1.23 bits per heavy atom. The van der Waals surface area contributed by atoms with Crippen molar-refractivity contribution in [2.75, 3.05) is 0 Å². The summed E-state index contributed by atoms with van der Waals surface area (Å²) >= 11 is 0. The predicted octanol–water partition coefficient (Wildman–Crippen LogP) is 1.44. The molecule has 13 heavy (non-hydrogen) atoms. The molecule has 0 unspecified atom stereocenters. The van der Waals surface area contributed by atoms with Crippen molar-refractivity contribution < 1.29 is 14.6 Å². The van der Waals surface area contributed by atoms with E-state index in [1.165, 1.54) is 0 Å². The first-order valence-electron chi connectivity index (χ1n) is 5.16. The van der Waals surface area contributed by atoms with Gasteiger partial charge in [-0.3, -0.25) is 0 Å². The van der Waals surface area contributed by atoms with Gasteiger partial charge < -0.3 is 14.6 Å². The highest BCUT2D eigenvalue weighted by molar-refractivity contribution is 4.90. The molecular weight excluding hydrogens is 168 g/mol. The molecule has 3 nitrogen and oxygen atoms in total. The summed E-state index contributed by atoms with van der Waals surface area (Å²) in [6.45, 7) is 4.09. The summed E-state index contributed by atoms with van der Waals surface area (Å²) in [5, 5.41) is 9.79. The average molecular weight is 186 g/mol. The summed E-state index contributed by atoms with van der Waals surface area (Å²) in [5.74, 6) is -0.670. The van der Waals surface area contributed by atoms with Gasteiger partial charge in [-0.1, -0.05) is 0 Å². The summed E-state index contributed by atoms with van der Waals surface area (Å²) in [7, 11) is 0. The van der Waals surface area contributed by atoms with E-state index >= 15 is 0 Å². The molecule has 3 atom stereocenters. The van der Waals surface area contributed by atoms with E-state index < -0.39 is 11.9 Å². The lowest BCUT2D eigenvalue weighted by atomic mass is 10.1. The highest BCUT2D eigenvalue weighted by atomic mass is 16.7. The van der Waals surface area contributed by atoms with Crippen molar-refractivity contribution in [2.45, 2.75) is 63.6 Å². The van der Waals surface area contributed by atoms with E-state index in [1.807, 2.05) is 13.8 Å². The number of ether oxygens (including phenoxy) is 2. The van der Waals surface area contributed by atoms with Crippen molar-refractivity contribution in [1.82, 2.24) is 0 Å². The van der Waals surface area contributed by atoms with Gasteiger partial charge in [0.25, 0.3) is 0 Å². The van der Waals surface area contributed by atoms with E-state index in [-0.39, 0.29) is 12.2 Å². The number of hydrogen-bond donors (Lipinski definition) is 1. The van der Waals surface area contributed by atoms with Crippen LogP contribution in [0.1, 0.15) is 39.5 Å². The molecule has 1 heterocycles. The number of aliphatic hydroxyl groups is 1. The summed E-state index contributed by atoms with van der Waals surface area (Å²) in [6, 6.07) is 0. The molecule has 2 aliphatic rings. The second-order valence-electron chi connectivity index (χ2n) is 4.31. The Labute approximate surface area is 79.0 Å². The average Bonchev–Trinajstić information content (AvgIpc) is 2.30. The lowest BCUT2D eigenvalue weighted by Crippen LogP contribution is -2.51. The fourth-order valence-corrected chi connectivity index (χ4v) is 2.48. The molecule has 0 radical (unpaired) electrons. The van der Waals surface area contributed by atoms with Crippen molar-refractivity contribution in [3.63, 3.8) is 0 Å². The van der Waals surface area contributed by atoms with Gasteiger partial charge in [0.1, 0.15) is 6.10 Å². The molecule has 1 aliphatic carbocycles. The largest absolute Gasteiger partial charge is 0.388 e. The van der Waals surface area contributed by atoms with Gasteiger partial charge in [-0.25, -0.2) is 0 Å². The Morgan fingerprint density at radius 3 is 2.31 bits per heavy atom. The topological polar surface area (TPSA) is 38.7 Å². The first kappa shape index (κ1) is 9.44. The maximum Gasteiger partial charge on any atom is 0.194 e. The fraction of sp³-hybridized carbons (Fsp3) is 1.00. The molecular formula is C10H18O3. The summed E-state index contributed by atoms with van der Waals surface area (Å²) in [6.07, 6.45) is 3.54. The van der Waals surface area contributed by atoms with Crippen molar-refractivity contribution in [2.24, 2.45) is 0 Å². The minimum absolute atomic E-state index is 0.205. The molecule has 0 amide bonds. The number of hydrogen-bond acceptors (Lipinski definition) is 3. The van der Waals surface area contributed by atoms with E-state index in [4.69, 9.17) is 9.47 Å². The zero-order valence-corrected chi connectivity index (χ0v) is 8.32. The maximum absolute atomic E-state index is 9.79. The molecule has 1 N–H and O–H groups in total. The van der Waals surface area contributed by atoms with Crippen LogP contribution in [0.25, 0.3) is 0 Å². The number of rotatable bonds is 0. The molecule has 1 aliphatic heterocycles. The quantitative estimate of drug-likeness (QED) is 0.622. The van der Waals surface area contributed by atoms with E-state index in [2.05, 4.69) is 0 Å². The zero-order valence-electron chi connectivity index (χ0n) is 8.32. The smallest absolute Gasteiger partial charge is 0.194 e. The highest BCUT2D eigenvalue weighted by Crippen LogP contribution is 2.40. The van der Waals surface area contributed by atoms with Gasteiger partial charge in [-0.05, 0) is 33.1 Å². The Bertz CT molecular complexity index is 183. The molecule has 0 aromatic carbocycles. The Balaban J connectivity index is 2.12. The summed E-state index contributed by atoms with van der Waals surface area (Å²) < 4.78 is 11.5. The second-order valence-corrected chi connectivity index (χ2v) is 4.31. The van der Waals surface area contributed by atoms with Crippen LogP contribution >= 0.6 is 0 Å². The van der Waals surface area contributed by atoms with Crippen LogP contribution in [0, 0.1) is 0 Å². The minimum Gasteiger partial charge on any atom is -0.388 e. The Morgan fingerprint density at radius 2 is 1.85 bits per heavy atom. The van der Waals surface area contributed by atoms with Crippen LogP contribution in [0.4, 0.5) is 0 Å². The van der Waals surface area contributed by atoms with Gasteiger partial charge in [0.05, 0.1) is 12.2 Å². The van der Waals surface area contributed by atoms with Crippen LogP contribution in [0.2, 0.25) is 0 Å². The minimum atomic E-state index is -0.670. The van der Waals surface area contributed by atoms with Crippen LogP contribution < -0.4 is 0 Å². The van der Waals surface area contributed by atoms with Crippen LogP contribution in [0.5, 0.6) is 0 Å². The summed E-state index contributed by atoms with van der Waals surface area (Å²) in [4.78, 5) is 0. The van der Waals surface area contributed by atoms with Gasteiger partial charge in [0.15, 0.2) is 5.79 Å².